The first-order valence-corrected chi connectivity index (χ1v) is 4.82. The molecule has 0 radical (unpaired) electrons. The molecule has 7 heteroatoms. The van der Waals surface area contributed by atoms with E-state index in [1.807, 2.05) is 0 Å². The van der Waals surface area contributed by atoms with Gasteiger partial charge in [-0.3, -0.25) is 9.59 Å². The first-order valence-electron chi connectivity index (χ1n) is 4.82. The van der Waals surface area contributed by atoms with Gasteiger partial charge in [-0.05, 0) is 12.8 Å². The number of rotatable bonds is 8. The van der Waals surface area contributed by atoms with Crippen LogP contribution in [0.1, 0.15) is 25.7 Å². The van der Waals surface area contributed by atoms with Crippen LogP contribution in [0.4, 0.5) is 0 Å². The van der Waals surface area contributed by atoms with Crippen LogP contribution in [-0.2, 0) is 14.4 Å². The van der Waals surface area contributed by atoms with Crippen LogP contribution >= 0.6 is 0 Å². The molecule has 1 unspecified atom stereocenters. The molecule has 92 valence electrons. The Bertz CT molecular complexity index is 265. The zero-order valence-electron chi connectivity index (χ0n) is 8.68. The van der Waals surface area contributed by atoms with Crippen molar-refractivity contribution >= 4 is 17.8 Å². The number of hydrogen-bond acceptors (Lipinski definition) is 4. The van der Waals surface area contributed by atoms with Crippen LogP contribution in [0.15, 0.2) is 0 Å². The largest absolute Gasteiger partial charge is 0.481 e. The lowest BCUT2D eigenvalue weighted by Crippen LogP contribution is -2.41. The summed E-state index contributed by atoms with van der Waals surface area (Å²) in [5, 5.41) is 27.7. The molecule has 4 N–H and O–H groups in total. The second-order valence-corrected chi connectivity index (χ2v) is 3.22. The fraction of sp³-hybridized carbons (Fsp3) is 0.667. The van der Waals surface area contributed by atoms with Gasteiger partial charge in [0.05, 0.1) is 0 Å². The zero-order chi connectivity index (χ0) is 12.6. The molecular weight excluding hydrogens is 218 g/mol. The topological polar surface area (TPSA) is 124 Å². The third kappa shape index (κ3) is 6.77. The lowest BCUT2D eigenvalue weighted by Gasteiger charge is -2.13. The van der Waals surface area contributed by atoms with Crippen LogP contribution in [0.5, 0.6) is 0 Å². The summed E-state index contributed by atoms with van der Waals surface area (Å²) in [5.74, 6) is -2.89. The van der Waals surface area contributed by atoms with E-state index in [1.165, 1.54) is 0 Å². The second kappa shape index (κ2) is 7.63. The van der Waals surface area contributed by atoms with E-state index >= 15 is 0 Å². The summed E-state index contributed by atoms with van der Waals surface area (Å²) in [7, 11) is 0. The number of aliphatic hydroxyl groups excluding tert-OH is 1. The van der Waals surface area contributed by atoms with Crippen LogP contribution in [0.2, 0.25) is 0 Å². The maximum atomic E-state index is 11.1. The number of nitrogens with one attached hydrogen (secondary N) is 1. The highest BCUT2D eigenvalue weighted by Crippen LogP contribution is 1.99. The van der Waals surface area contributed by atoms with E-state index in [2.05, 4.69) is 5.32 Å². The van der Waals surface area contributed by atoms with Gasteiger partial charge in [-0.1, -0.05) is 0 Å². The van der Waals surface area contributed by atoms with E-state index in [-0.39, 0.29) is 32.3 Å². The van der Waals surface area contributed by atoms with Crippen molar-refractivity contribution in [3.63, 3.8) is 0 Å². The van der Waals surface area contributed by atoms with Crippen molar-refractivity contribution < 1.29 is 29.7 Å². The number of aliphatic carboxylic acids is 2. The Morgan fingerprint density at radius 3 is 2.19 bits per heavy atom. The molecule has 0 aromatic carbocycles. The summed E-state index contributed by atoms with van der Waals surface area (Å²) < 4.78 is 0. The van der Waals surface area contributed by atoms with Gasteiger partial charge in [-0.2, -0.15) is 0 Å². The van der Waals surface area contributed by atoms with E-state index in [1.54, 1.807) is 0 Å². The minimum Gasteiger partial charge on any atom is -0.481 e. The standard InChI is InChI=1S/C9H15NO6/c11-5-1-2-7(12)10-6(9(15)16)3-4-8(13)14/h6,11H,1-5H2,(H,10,12)(H,13,14)(H,15,16). The fourth-order valence-corrected chi connectivity index (χ4v) is 1.03. The predicted molar refractivity (Wildman–Crippen MR) is 52.8 cm³/mol. The first kappa shape index (κ1) is 14.4. The lowest BCUT2D eigenvalue weighted by atomic mass is 10.1. The number of carboxylic acids is 2. The zero-order valence-corrected chi connectivity index (χ0v) is 8.68. The molecule has 0 aliphatic rings. The molecule has 0 aromatic heterocycles. The van der Waals surface area contributed by atoms with Crippen molar-refractivity contribution in [2.24, 2.45) is 0 Å². The Balaban J connectivity index is 4.07. The molecule has 16 heavy (non-hydrogen) atoms. The van der Waals surface area contributed by atoms with Crippen LogP contribution in [0, 0.1) is 0 Å². The maximum absolute atomic E-state index is 11.1. The number of hydrogen-bond donors (Lipinski definition) is 4. The Labute approximate surface area is 92.1 Å². The van der Waals surface area contributed by atoms with Gasteiger partial charge >= 0.3 is 11.9 Å². The molecule has 1 atom stereocenters. The number of carbonyl (C=O) groups is 3. The minimum atomic E-state index is -1.27. The molecule has 0 aliphatic carbocycles. The Hall–Kier alpha value is -1.63. The summed E-state index contributed by atoms with van der Waals surface area (Å²) in [5.41, 5.74) is 0. The Morgan fingerprint density at radius 1 is 1.12 bits per heavy atom. The SMILES string of the molecule is O=C(O)CCC(NC(=O)CCCO)C(=O)O. The first-order chi connectivity index (χ1) is 7.47. The van der Waals surface area contributed by atoms with Crippen molar-refractivity contribution in [2.45, 2.75) is 31.7 Å². The van der Waals surface area contributed by atoms with E-state index in [9.17, 15) is 14.4 Å². The molecular formula is C9H15NO6. The fourth-order valence-electron chi connectivity index (χ4n) is 1.03. The molecule has 0 fully saturated rings. The Morgan fingerprint density at radius 2 is 1.75 bits per heavy atom. The molecule has 1 amide bonds. The third-order valence-corrected chi connectivity index (χ3v) is 1.84. The van der Waals surface area contributed by atoms with Crippen molar-refractivity contribution in [2.75, 3.05) is 6.61 Å². The van der Waals surface area contributed by atoms with Crippen LogP contribution in [0.3, 0.4) is 0 Å². The van der Waals surface area contributed by atoms with Gasteiger partial charge < -0.3 is 20.6 Å². The Kier molecular flexibility index (Phi) is 6.86. The van der Waals surface area contributed by atoms with Gasteiger partial charge in [0.25, 0.3) is 0 Å². The summed E-state index contributed by atoms with van der Waals surface area (Å²) in [6.07, 6.45) is -0.211. The molecule has 0 spiro atoms. The summed E-state index contributed by atoms with van der Waals surface area (Å²) in [4.78, 5) is 32.0. The number of aliphatic hydroxyl groups is 1. The molecule has 0 heterocycles. The van der Waals surface area contributed by atoms with Gasteiger partial charge in [0.15, 0.2) is 0 Å². The highest BCUT2D eigenvalue weighted by Gasteiger charge is 2.20. The number of amides is 1. The highest BCUT2D eigenvalue weighted by molar-refractivity contribution is 5.83. The van der Waals surface area contributed by atoms with Crippen LogP contribution in [-0.4, -0.2) is 45.8 Å². The van der Waals surface area contributed by atoms with Gasteiger partial charge in [0, 0.05) is 19.4 Å². The smallest absolute Gasteiger partial charge is 0.326 e. The normalized spacial score (nSPS) is 11.8. The van der Waals surface area contributed by atoms with E-state index in [0.717, 1.165) is 0 Å². The van der Waals surface area contributed by atoms with E-state index < -0.39 is 23.9 Å². The monoisotopic (exact) mass is 233 g/mol. The molecule has 0 saturated carbocycles. The van der Waals surface area contributed by atoms with Crippen molar-refractivity contribution in [3.05, 3.63) is 0 Å². The molecule has 0 aliphatic heterocycles. The summed E-state index contributed by atoms with van der Waals surface area (Å²) >= 11 is 0. The predicted octanol–water partition coefficient (Wildman–Crippen LogP) is -0.807. The van der Waals surface area contributed by atoms with Gasteiger partial charge in [0.2, 0.25) is 5.91 Å². The molecule has 7 nitrogen and oxygen atoms in total. The van der Waals surface area contributed by atoms with Crippen molar-refractivity contribution in [3.8, 4) is 0 Å². The van der Waals surface area contributed by atoms with Gasteiger partial charge in [0.1, 0.15) is 6.04 Å². The highest BCUT2D eigenvalue weighted by atomic mass is 16.4. The maximum Gasteiger partial charge on any atom is 0.326 e. The van der Waals surface area contributed by atoms with Gasteiger partial charge in [-0.15, -0.1) is 0 Å². The average molecular weight is 233 g/mol. The third-order valence-electron chi connectivity index (χ3n) is 1.84. The van der Waals surface area contributed by atoms with Crippen LogP contribution in [0.25, 0.3) is 0 Å². The van der Waals surface area contributed by atoms with Crippen molar-refractivity contribution in [1.29, 1.82) is 0 Å². The summed E-state index contributed by atoms with van der Waals surface area (Å²) in [6, 6.07) is -1.19. The molecule has 0 bridgehead atoms. The average Bonchev–Trinajstić information content (AvgIpc) is 2.20. The van der Waals surface area contributed by atoms with E-state index in [0.29, 0.717) is 0 Å². The van der Waals surface area contributed by atoms with Gasteiger partial charge in [-0.25, -0.2) is 4.79 Å². The van der Waals surface area contributed by atoms with Crippen molar-refractivity contribution in [1.82, 2.24) is 5.32 Å². The second-order valence-electron chi connectivity index (χ2n) is 3.22. The number of carbonyl (C=O) groups excluding carboxylic acids is 1. The number of carboxylic acid groups (broad SMARTS) is 2. The summed E-state index contributed by atoms with van der Waals surface area (Å²) in [6.45, 7) is -0.152. The van der Waals surface area contributed by atoms with Crippen LogP contribution < -0.4 is 5.32 Å². The molecule has 0 saturated heterocycles. The minimum absolute atomic E-state index is 0.0212. The lowest BCUT2D eigenvalue weighted by molar-refractivity contribution is -0.143. The quantitative estimate of drug-likeness (QED) is 0.435. The molecule has 0 rings (SSSR count). The van der Waals surface area contributed by atoms with E-state index in [4.69, 9.17) is 15.3 Å². The molecule has 0 aromatic rings.